The van der Waals surface area contributed by atoms with Crippen LogP contribution in [0.15, 0.2) is 0 Å². The first-order valence-electron chi connectivity index (χ1n) is 6.74. The Morgan fingerprint density at radius 1 is 1.43 bits per heavy atom. The van der Waals surface area contributed by atoms with Crippen LogP contribution in [0.25, 0.3) is 0 Å². The molecule has 1 rings (SSSR count). The second-order valence-corrected chi connectivity index (χ2v) is 5.42. The van der Waals surface area contributed by atoms with E-state index in [0.29, 0.717) is 0 Å². The lowest BCUT2D eigenvalue weighted by Crippen LogP contribution is -2.68. The number of alkyl halides is 2. The van der Waals surface area contributed by atoms with Gasteiger partial charge in [0.25, 0.3) is 0 Å². The molecule has 0 bridgehead atoms. The van der Waals surface area contributed by atoms with E-state index in [1.165, 1.54) is 0 Å². The molecule has 1 saturated heterocycles. The van der Waals surface area contributed by atoms with Crippen LogP contribution in [0.1, 0.15) is 13.3 Å². The Morgan fingerprint density at radius 3 is 2.43 bits per heavy atom. The number of hydrogen-bond donors (Lipinski definition) is 5. The molecule has 1 aliphatic heterocycles. The minimum atomic E-state index is -3.72. The summed E-state index contributed by atoms with van der Waals surface area (Å²) < 4.78 is 33.4. The number of Topliss-reactive ketones (excluding diaryl/α,β-unsaturated/α-hetero) is 1. The number of carbonyl (C=O) groups excluding carboxylic acids is 2. The van der Waals surface area contributed by atoms with E-state index in [1.807, 2.05) is 0 Å². The van der Waals surface area contributed by atoms with Gasteiger partial charge in [0.15, 0.2) is 6.17 Å². The van der Waals surface area contributed by atoms with Gasteiger partial charge < -0.3 is 35.4 Å². The third-order valence-corrected chi connectivity index (χ3v) is 3.74. The summed E-state index contributed by atoms with van der Waals surface area (Å²) in [5.41, 5.74) is 5.56. The number of halogens is 2. The van der Waals surface area contributed by atoms with Gasteiger partial charge in [0.1, 0.15) is 18.0 Å². The summed E-state index contributed by atoms with van der Waals surface area (Å²) in [4.78, 5) is 26.3. The van der Waals surface area contributed by atoms with Crippen LogP contribution in [0.3, 0.4) is 0 Å². The number of aliphatic hydroxyl groups is 3. The summed E-state index contributed by atoms with van der Waals surface area (Å²) in [5, 5.41) is 28.3. The second kappa shape index (κ2) is 7.55. The molecule has 9 nitrogen and oxygen atoms in total. The molecule has 1 fully saturated rings. The highest BCUT2D eigenvalue weighted by molar-refractivity contribution is 5.79. The van der Waals surface area contributed by atoms with Crippen LogP contribution in [0, 0.1) is 5.92 Å². The van der Waals surface area contributed by atoms with Gasteiger partial charge in [-0.2, -0.15) is 10.3 Å². The van der Waals surface area contributed by atoms with Crippen molar-refractivity contribution < 1.29 is 43.3 Å². The standard InChI is InChI=1S/C12H20F2N2O7/c1-4(18)2-5-7(15)10(13)12(14,11(21)23-16)22-9(5)8(20)6(19)3-17/h5-10,17,19-20H,2-3,15-16H2,1H3/t5-,6-,7+,8-,9?,10?,12-/m1/s1. The number of aliphatic hydroxyl groups excluding tert-OH is 3. The highest BCUT2D eigenvalue weighted by Crippen LogP contribution is 2.39. The molecule has 1 aliphatic rings. The summed E-state index contributed by atoms with van der Waals surface area (Å²) in [6.45, 7) is 0.222. The monoisotopic (exact) mass is 342 g/mol. The van der Waals surface area contributed by atoms with Gasteiger partial charge in [0, 0.05) is 18.4 Å². The maximum absolute atomic E-state index is 14.5. The van der Waals surface area contributed by atoms with Crippen LogP contribution in [0.4, 0.5) is 8.78 Å². The summed E-state index contributed by atoms with van der Waals surface area (Å²) in [6.07, 6.45) is -8.63. The summed E-state index contributed by atoms with van der Waals surface area (Å²) >= 11 is 0. The van der Waals surface area contributed by atoms with Gasteiger partial charge in [-0.25, -0.2) is 9.18 Å². The van der Waals surface area contributed by atoms with Gasteiger partial charge >= 0.3 is 11.8 Å². The van der Waals surface area contributed by atoms with Crippen LogP contribution < -0.4 is 11.6 Å². The molecule has 1 heterocycles. The van der Waals surface area contributed by atoms with Gasteiger partial charge in [-0.1, -0.05) is 0 Å². The third-order valence-electron chi connectivity index (χ3n) is 3.74. The van der Waals surface area contributed by atoms with Crippen LogP contribution in [-0.4, -0.2) is 70.1 Å². The molecule has 0 radical (unpaired) electrons. The molecule has 0 amide bonds. The largest absolute Gasteiger partial charge is 0.394 e. The van der Waals surface area contributed by atoms with Crippen molar-refractivity contribution in [3.63, 3.8) is 0 Å². The van der Waals surface area contributed by atoms with Crippen molar-refractivity contribution in [2.24, 2.45) is 17.5 Å². The lowest BCUT2D eigenvalue weighted by atomic mass is 9.79. The lowest BCUT2D eigenvalue weighted by molar-refractivity contribution is -0.287. The molecule has 23 heavy (non-hydrogen) atoms. The molecule has 7 atom stereocenters. The van der Waals surface area contributed by atoms with Gasteiger partial charge in [-0.15, -0.1) is 0 Å². The zero-order valence-corrected chi connectivity index (χ0v) is 12.3. The minimum absolute atomic E-state index is 0.408. The van der Waals surface area contributed by atoms with Crippen molar-refractivity contribution in [3.8, 4) is 0 Å². The quantitative estimate of drug-likeness (QED) is 0.326. The van der Waals surface area contributed by atoms with Crippen LogP contribution in [-0.2, 0) is 19.2 Å². The Balaban J connectivity index is 3.22. The predicted molar refractivity (Wildman–Crippen MR) is 69.8 cm³/mol. The topological polar surface area (TPSA) is 165 Å². The number of ketones is 1. The Labute approximate surface area is 130 Å². The van der Waals surface area contributed by atoms with Crippen molar-refractivity contribution in [3.05, 3.63) is 0 Å². The first kappa shape index (κ1) is 19.8. The molecule has 11 heteroatoms. The Hall–Kier alpha value is -1.24. The zero-order valence-electron chi connectivity index (χ0n) is 12.3. The Kier molecular flexibility index (Phi) is 6.50. The van der Waals surface area contributed by atoms with E-state index in [-0.39, 0.29) is 0 Å². The van der Waals surface area contributed by atoms with Gasteiger partial charge in [-0.3, -0.25) is 0 Å². The normalized spacial score (nSPS) is 37.0. The van der Waals surface area contributed by atoms with Crippen LogP contribution >= 0.6 is 0 Å². The Bertz CT molecular complexity index is 455. The van der Waals surface area contributed by atoms with Gasteiger partial charge in [0.2, 0.25) is 0 Å². The fraction of sp³-hybridized carbons (Fsp3) is 0.833. The highest BCUT2D eigenvalue weighted by atomic mass is 19.2. The summed E-state index contributed by atoms with van der Waals surface area (Å²) in [5.74, 6) is -2.83. The van der Waals surface area contributed by atoms with E-state index in [0.717, 1.165) is 6.92 Å². The molecule has 7 N–H and O–H groups in total. The maximum atomic E-state index is 14.5. The highest BCUT2D eigenvalue weighted by Gasteiger charge is 2.62. The van der Waals surface area contributed by atoms with Crippen molar-refractivity contribution >= 4 is 11.8 Å². The number of nitrogens with two attached hydrogens (primary N) is 2. The van der Waals surface area contributed by atoms with Crippen molar-refractivity contribution in [1.29, 1.82) is 0 Å². The molecular weight excluding hydrogens is 322 g/mol. The van der Waals surface area contributed by atoms with Gasteiger partial charge in [-0.05, 0) is 6.92 Å². The molecule has 0 saturated carbocycles. The SMILES string of the molecule is CC(=O)C[C@H]1C([C@H](O)[C@H](O)CO)O[C@@](F)(C(=O)ON)C(F)[C@H]1N. The average Bonchev–Trinajstić information content (AvgIpc) is 2.52. The maximum Gasteiger partial charge on any atom is 0.393 e. The van der Waals surface area contributed by atoms with Gasteiger partial charge in [0.05, 0.1) is 12.7 Å². The van der Waals surface area contributed by atoms with Crippen LogP contribution in [0.5, 0.6) is 0 Å². The number of ether oxygens (including phenoxy) is 1. The van der Waals surface area contributed by atoms with Crippen molar-refractivity contribution in [2.75, 3.05) is 6.61 Å². The smallest absolute Gasteiger partial charge is 0.393 e. The van der Waals surface area contributed by atoms with Crippen LogP contribution in [0.2, 0.25) is 0 Å². The lowest BCUT2D eigenvalue weighted by Gasteiger charge is -2.46. The molecule has 0 spiro atoms. The number of rotatable bonds is 6. The Morgan fingerprint density at radius 2 is 2.00 bits per heavy atom. The predicted octanol–water partition coefficient (Wildman–Crippen LogP) is -2.56. The average molecular weight is 342 g/mol. The van der Waals surface area contributed by atoms with E-state index < -0.39 is 67.1 Å². The van der Waals surface area contributed by atoms with E-state index >= 15 is 0 Å². The fourth-order valence-corrected chi connectivity index (χ4v) is 2.51. The molecule has 0 aromatic heterocycles. The van der Waals surface area contributed by atoms with E-state index in [1.54, 1.807) is 0 Å². The molecular formula is C12H20F2N2O7. The summed E-state index contributed by atoms with van der Waals surface area (Å²) in [7, 11) is 0. The zero-order chi connectivity index (χ0) is 17.9. The van der Waals surface area contributed by atoms with E-state index in [2.05, 4.69) is 15.5 Å². The molecule has 0 aliphatic carbocycles. The number of hydrogen-bond acceptors (Lipinski definition) is 9. The second-order valence-electron chi connectivity index (χ2n) is 5.42. The number of carbonyl (C=O) groups is 2. The van der Waals surface area contributed by atoms with E-state index in [9.17, 15) is 28.6 Å². The first-order valence-corrected chi connectivity index (χ1v) is 6.74. The van der Waals surface area contributed by atoms with Crippen molar-refractivity contribution in [2.45, 2.75) is 49.7 Å². The molecule has 2 unspecified atom stereocenters. The molecule has 0 aromatic rings. The fourth-order valence-electron chi connectivity index (χ4n) is 2.51. The molecule has 0 aromatic carbocycles. The third kappa shape index (κ3) is 3.82. The molecule has 134 valence electrons. The first-order chi connectivity index (χ1) is 10.6. The minimum Gasteiger partial charge on any atom is -0.394 e. The summed E-state index contributed by atoms with van der Waals surface area (Å²) in [6, 6.07) is -1.73. The van der Waals surface area contributed by atoms with E-state index in [4.69, 9.17) is 10.8 Å². The van der Waals surface area contributed by atoms with Crippen molar-refractivity contribution in [1.82, 2.24) is 0 Å².